The van der Waals surface area contributed by atoms with Crippen LogP contribution < -0.4 is 0 Å². The minimum Gasteiger partial charge on any atom is -0.400 e. The smallest absolute Gasteiger partial charge is 0.400 e. The summed E-state index contributed by atoms with van der Waals surface area (Å²) in [7, 11) is -0.457. The van der Waals surface area contributed by atoms with Crippen LogP contribution in [0.15, 0.2) is 29.7 Å². The first-order valence-electron chi connectivity index (χ1n) is 7.99. The molecule has 1 fully saturated rings. The monoisotopic (exact) mass is 366 g/mol. The zero-order valence-electron chi connectivity index (χ0n) is 14.9. The van der Waals surface area contributed by atoms with E-state index in [0.29, 0.717) is 11.6 Å². The molecule has 1 aliphatic rings. The van der Waals surface area contributed by atoms with Crippen LogP contribution in [0.1, 0.15) is 45.7 Å². The van der Waals surface area contributed by atoms with E-state index in [0.717, 1.165) is 16.6 Å². The fourth-order valence-corrected chi connectivity index (χ4v) is 3.09. The highest BCUT2D eigenvalue weighted by atomic mass is 35.5. The average Bonchev–Trinajstić information content (AvgIpc) is 2.71. The van der Waals surface area contributed by atoms with Crippen molar-refractivity contribution in [3.8, 4) is 0 Å². The normalized spacial score (nSPS) is 19.6. The van der Waals surface area contributed by atoms with Gasteiger partial charge in [-0.15, -0.1) is 11.6 Å². The molecule has 6 heteroatoms. The summed E-state index contributed by atoms with van der Waals surface area (Å²) in [6, 6.07) is 8.02. The Morgan fingerprint density at radius 3 is 2.42 bits per heavy atom. The molecular weight excluding hydrogens is 343 g/mol. The van der Waals surface area contributed by atoms with Crippen LogP contribution in [-0.2, 0) is 20.0 Å². The van der Waals surface area contributed by atoms with E-state index >= 15 is 0 Å². The van der Waals surface area contributed by atoms with Crippen molar-refractivity contribution >= 4 is 41.7 Å². The average molecular weight is 367 g/mol. The molecule has 130 valence electrons. The highest BCUT2D eigenvalue weighted by Crippen LogP contribution is 2.39. The van der Waals surface area contributed by atoms with Crippen molar-refractivity contribution in [2.24, 2.45) is 0 Å². The second kappa shape index (κ2) is 7.65. The maximum absolute atomic E-state index is 11.4. The van der Waals surface area contributed by atoms with Gasteiger partial charge in [-0.2, -0.15) is 0 Å². The molecule has 0 N–H and O–H groups in total. The van der Waals surface area contributed by atoms with E-state index < -0.39 is 18.3 Å². The van der Waals surface area contributed by atoms with E-state index in [1.807, 2.05) is 58.0 Å². The van der Waals surface area contributed by atoms with Crippen LogP contribution in [0.3, 0.4) is 0 Å². The molecule has 3 nitrogen and oxygen atoms in total. The minimum absolute atomic E-state index is 0.0759. The van der Waals surface area contributed by atoms with E-state index in [-0.39, 0.29) is 5.12 Å². The molecule has 1 aromatic carbocycles. The second-order valence-corrected chi connectivity index (χ2v) is 8.39. The lowest BCUT2D eigenvalue weighted by Crippen LogP contribution is -2.41. The Hall–Kier alpha value is -0.745. The Balaban J connectivity index is 2.31. The van der Waals surface area contributed by atoms with Gasteiger partial charge in [0, 0.05) is 18.6 Å². The molecule has 0 amide bonds. The summed E-state index contributed by atoms with van der Waals surface area (Å²) in [4.78, 5) is 11.4. The quantitative estimate of drug-likeness (QED) is 0.558. The minimum atomic E-state index is -0.457. The van der Waals surface area contributed by atoms with Crippen molar-refractivity contribution in [2.45, 2.75) is 51.7 Å². The van der Waals surface area contributed by atoms with Gasteiger partial charge < -0.3 is 9.31 Å². The number of hydrogen-bond acceptors (Lipinski definition) is 4. The molecule has 0 bridgehead atoms. The lowest BCUT2D eigenvalue weighted by Gasteiger charge is -2.32. The van der Waals surface area contributed by atoms with Crippen molar-refractivity contribution in [2.75, 3.05) is 5.75 Å². The maximum atomic E-state index is 11.4. The van der Waals surface area contributed by atoms with Crippen LogP contribution in [0.25, 0.3) is 6.08 Å². The van der Waals surface area contributed by atoms with Crippen molar-refractivity contribution < 1.29 is 14.1 Å². The highest BCUT2D eigenvalue weighted by Gasteiger charge is 2.52. The van der Waals surface area contributed by atoms with E-state index in [1.165, 1.54) is 11.8 Å². The molecule has 0 aliphatic carbocycles. The zero-order valence-corrected chi connectivity index (χ0v) is 16.5. The van der Waals surface area contributed by atoms with E-state index in [1.54, 1.807) is 6.92 Å². The predicted molar refractivity (Wildman–Crippen MR) is 103 cm³/mol. The molecule has 0 spiro atoms. The third kappa shape index (κ3) is 4.66. The van der Waals surface area contributed by atoms with Gasteiger partial charge in [-0.3, -0.25) is 4.79 Å². The van der Waals surface area contributed by atoms with E-state index in [4.69, 9.17) is 20.9 Å². The topological polar surface area (TPSA) is 35.5 Å². The molecule has 1 saturated heterocycles. The van der Waals surface area contributed by atoms with Gasteiger partial charge in [-0.25, -0.2) is 0 Å². The third-order valence-corrected chi connectivity index (χ3v) is 5.65. The van der Waals surface area contributed by atoms with Crippen LogP contribution in [0.2, 0.25) is 0 Å². The summed E-state index contributed by atoms with van der Waals surface area (Å²) in [5, 5.41) is 0.0759. The number of alkyl halides is 1. The van der Waals surface area contributed by atoms with Crippen molar-refractivity contribution in [3.05, 3.63) is 40.9 Å². The molecule has 0 aromatic heterocycles. The predicted octanol–water partition coefficient (Wildman–Crippen LogP) is 4.72. The third-order valence-electron chi connectivity index (χ3n) is 4.46. The van der Waals surface area contributed by atoms with Crippen molar-refractivity contribution in [3.63, 3.8) is 0 Å². The Bertz CT molecular complexity index is 627. The fraction of sp³-hybridized carbons (Fsp3) is 0.500. The number of carbonyl (C=O) groups excluding carboxylic acids is 1. The summed E-state index contributed by atoms with van der Waals surface area (Å²) in [5.41, 5.74) is 2.21. The van der Waals surface area contributed by atoms with Gasteiger partial charge >= 0.3 is 7.12 Å². The summed E-state index contributed by atoms with van der Waals surface area (Å²) in [6.07, 6.45) is 2.04. The molecule has 0 atom stereocenters. The Morgan fingerprint density at radius 1 is 1.25 bits per heavy atom. The number of halogens is 1. The molecule has 0 saturated carbocycles. The zero-order chi connectivity index (χ0) is 18.0. The van der Waals surface area contributed by atoms with Gasteiger partial charge in [0.2, 0.25) is 0 Å². The van der Waals surface area contributed by atoms with Crippen LogP contribution in [-0.4, -0.2) is 29.2 Å². The lowest BCUT2D eigenvalue weighted by molar-refractivity contribution is -0.109. The Labute approximate surface area is 154 Å². The van der Waals surface area contributed by atoms with Gasteiger partial charge in [-0.1, -0.05) is 42.1 Å². The molecule has 24 heavy (non-hydrogen) atoms. The number of carbonyl (C=O) groups is 1. The van der Waals surface area contributed by atoms with Crippen LogP contribution in [0.5, 0.6) is 0 Å². The molecule has 1 aromatic rings. The number of benzene rings is 1. The standard InChI is InChI=1S/C18H24BClO3S/c1-13(21)24-12-16(10-14-7-6-8-15(9-14)11-20)19-22-17(2,3)18(4,5)23-19/h6-10H,11-12H2,1-5H3. The Morgan fingerprint density at radius 2 is 1.88 bits per heavy atom. The largest absolute Gasteiger partial charge is 0.491 e. The lowest BCUT2D eigenvalue weighted by atomic mass is 9.78. The van der Waals surface area contributed by atoms with E-state index in [2.05, 4.69) is 0 Å². The molecule has 0 radical (unpaired) electrons. The first-order valence-corrected chi connectivity index (χ1v) is 9.51. The first kappa shape index (κ1) is 19.6. The summed E-state index contributed by atoms with van der Waals surface area (Å²) in [5.74, 6) is 1.01. The SMILES string of the molecule is CC(=O)SCC(=Cc1cccc(CCl)c1)B1OC(C)(C)C(C)(C)O1. The van der Waals surface area contributed by atoms with Crippen LogP contribution in [0, 0.1) is 0 Å². The van der Waals surface area contributed by atoms with Crippen LogP contribution >= 0.6 is 23.4 Å². The number of hydrogen-bond donors (Lipinski definition) is 0. The van der Waals surface area contributed by atoms with Gasteiger partial charge in [0.25, 0.3) is 0 Å². The Kier molecular flexibility index (Phi) is 6.24. The summed E-state index contributed by atoms with van der Waals surface area (Å²) >= 11 is 7.18. The molecule has 1 aliphatic heterocycles. The van der Waals surface area contributed by atoms with Crippen molar-refractivity contribution in [1.82, 2.24) is 0 Å². The highest BCUT2D eigenvalue weighted by molar-refractivity contribution is 8.13. The molecule has 1 heterocycles. The van der Waals surface area contributed by atoms with Gasteiger partial charge in [0.05, 0.1) is 11.2 Å². The number of thioether (sulfide) groups is 1. The van der Waals surface area contributed by atoms with Crippen molar-refractivity contribution in [1.29, 1.82) is 0 Å². The van der Waals surface area contributed by atoms with Gasteiger partial charge in [0.1, 0.15) is 0 Å². The van der Waals surface area contributed by atoms with Gasteiger partial charge in [0.15, 0.2) is 5.12 Å². The summed E-state index contributed by atoms with van der Waals surface area (Å²) in [6.45, 7) is 9.67. The van der Waals surface area contributed by atoms with Crippen LogP contribution in [0.4, 0.5) is 0 Å². The molecule has 2 rings (SSSR count). The fourth-order valence-electron chi connectivity index (χ4n) is 2.34. The number of rotatable bonds is 5. The van der Waals surface area contributed by atoms with E-state index in [9.17, 15) is 4.79 Å². The molecule has 0 unspecified atom stereocenters. The summed E-state index contributed by atoms with van der Waals surface area (Å²) < 4.78 is 12.3. The molecular formula is C18H24BClO3S. The maximum Gasteiger partial charge on any atom is 0.491 e. The second-order valence-electron chi connectivity index (χ2n) is 6.97. The first-order chi connectivity index (χ1) is 11.1. The van der Waals surface area contributed by atoms with Gasteiger partial charge in [-0.05, 0) is 44.3 Å².